The number of rotatable bonds is 1. The van der Waals surface area contributed by atoms with Gasteiger partial charge in [-0.3, -0.25) is 4.90 Å². The summed E-state index contributed by atoms with van der Waals surface area (Å²) < 4.78 is 0. The number of hydrogen-bond donors (Lipinski definition) is 3. The number of anilines is 1. The second-order valence-electron chi connectivity index (χ2n) is 4.43. The van der Waals surface area contributed by atoms with E-state index in [1.807, 2.05) is 0 Å². The molecule has 2 unspecified atom stereocenters. The van der Waals surface area contributed by atoms with Crippen LogP contribution in [-0.2, 0) is 0 Å². The fourth-order valence-corrected chi connectivity index (χ4v) is 2.08. The number of likely N-dealkylation sites (tertiary alicyclic amines) is 1. The molecule has 1 saturated heterocycles. The molecule has 0 radical (unpaired) electrons. The number of nitrogens with two attached hydrogens (primary N) is 1. The van der Waals surface area contributed by atoms with Crippen LogP contribution >= 0.6 is 11.3 Å². The van der Waals surface area contributed by atoms with Crippen LogP contribution in [0.3, 0.4) is 0 Å². The molecule has 1 aromatic rings. The molecule has 1 fully saturated rings. The van der Waals surface area contributed by atoms with Crippen molar-refractivity contribution in [1.29, 1.82) is 0 Å². The van der Waals surface area contributed by atoms with E-state index >= 15 is 0 Å². The van der Waals surface area contributed by atoms with Crippen LogP contribution in [0.1, 0.15) is 20.3 Å². The van der Waals surface area contributed by atoms with Gasteiger partial charge in [0, 0.05) is 24.5 Å². The first-order chi connectivity index (χ1) is 8.00. The van der Waals surface area contributed by atoms with E-state index in [0.29, 0.717) is 24.8 Å². The maximum absolute atomic E-state index is 9.31. The van der Waals surface area contributed by atoms with E-state index in [9.17, 15) is 10.2 Å². The first kappa shape index (κ1) is 14.4. The van der Waals surface area contributed by atoms with E-state index < -0.39 is 12.2 Å². The van der Waals surface area contributed by atoms with Gasteiger partial charge in [-0.05, 0) is 20.3 Å². The summed E-state index contributed by atoms with van der Waals surface area (Å²) in [6, 6.07) is 0.470. The minimum atomic E-state index is -0.550. The van der Waals surface area contributed by atoms with Gasteiger partial charge >= 0.3 is 0 Å². The molecule has 2 rings (SSSR count). The van der Waals surface area contributed by atoms with Crippen molar-refractivity contribution in [2.24, 2.45) is 0 Å². The van der Waals surface area contributed by atoms with Crippen molar-refractivity contribution in [2.45, 2.75) is 38.5 Å². The van der Waals surface area contributed by atoms with E-state index in [-0.39, 0.29) is 0 Å². The van der Waals surface area contributed by atoms with Gasteiger partial charge in [-0.15, -0.1) is 11.3 Å². The number of thiazole rings is 1. The summed E-state index contributed by atoms with van der Waals surface area (Å²) in [6.07, 6.45) is -0.365. The summed E-state index contributed by atoms with van der Waals surface area (Å²) in [4.78, 5) is 5.89. The summed E-state index contributed by atoms with van der Waals surface area (Å²) in [6.45, 7) is 5.71. The molecule has 2 atom stereocenters. The predicted octanol–water partition coefficient (Wildman–Crippen LogP) is 0.548. The van der Waals surface area contributed by atoms with Gasteiger partial charge in [0.2, 0.25) is 0 Å². The summed E-state index contributed by atoms with van der Waals surface area (Å²) in [5.41, 5.74) is 6.88. The lowest BCUT2D eigenvalue weighted by molar-refractivity contribution is -0.0456. The number of aliphatic hydroxyl groups excluding tert-OH is 2. The molecule has 5 nitrogen and oxygen atoms in total. The third-order valence-corrected chi connectivity index (χ3v) is 3.36. The van der Waals surface area contributed by atoms with Crippen molar-refractivity contribution < 1.29 is 10.2 Å². The van der Waals surface area contributed by atoms with Gasteiger partial charge in [0.05, 0.1) is 17.7 Å². The number of β-amino-alcohol motifs (C(OH)–C–C–N with tert-alkyl or cyclic N) is 1. The first-order valence-electron chi connectivity index (χ1n) is 5.74. The highest BCUT2D eigenvalue weighted by Gasteiger charge is 2.26. The Hall–Kier alpha value is -0.690. The minimum Gasteiger partial charge on any atom is -0.390 e. The summed E-state index contributed by atoms with van der Waals surface area (Å²) in [5.74, 6) is 0.611. The molecular weight excluding hydrogens is 238 g/mol. The second-order valence-corrected chi connectivity index (χ2v) is 5.14. The van der Waals surface area contributed by atoms with E-state index in [0.717, 1.165) is 6.54 Å². The standard InChI is InChI=1S/C8H17NO2.C3H4N2S/c1-6(2)9-4-3-7(10)8(11)5-9;4-3-1-6-2-5-3/h6-8,10-11H,3-5H2,1-2H3;1-2H,4H2. The molecule has 0 spiro atoms. The lowest BCUT2D eigenvalue weighted by atomic mass is 10.0. The molecule has 0 bridgehead atoms. The van der Waals surface area contributed by atoms with Gasteiger partial charge < -0.3 is 15.9 Å². The molecule has 4 N–H and O–H groups in total. The SMILES string of the molecule is CC(C)N1CCC(O)C(O)C1.Nc1cscn1. The van der Waals surface area contributed by atoms with Crippen molar-refractivity contribution in [1.82, 2.24) is 9.88 Å². The Kier molecular flexibility index (Phi) is 5.84. The van der Waals surface area contributed by atoms with E-state index in [2.05, 4.69) is 23.7 Å². The van der Waals surface area contributed by atoms with Gasteiger partial charge in [0.1, 0.15) is 5.82 Å². The number of nitrogen functional groups attached to an aromatic ring is 1. The lowest BCUT2D eigenvalue weighted by Crippen LogP contribution is -2.49. The van der Waals surface area contributed by atoms with Crippen molar-refractivity contribution in [3.63, 3.8) is 0 Å². The first-order valence-corrected chi connectivity index (χ1v) is 6.68. The predicted molar refractivity (Wildman–Crippen MR) is 69.9 cm³/mol. The zero-order chi connectivity index (χ0) is 12.8. The number of hydrogen-bond acceptors (Lipinski definition) is 6. The van der Waals surface area contributed by atoms with Gasteiger partial charge in [0.15, 0.2) is 0 Å². The average Bonchev–Trinajstić information content (AvgIpc) is 2.74. The van der Waals surface area contributed by atoms with E-state index in [4.69, 9.17) is 5.73 Å². The fraction of sp³-hybridized carbons (Fsp3) is 0.727. The number of piperidine rings is 1. The Bertz CT molecular complexity index is 306. The van der Waals surface area contributed by atoms with Gasteiger partial charge in [-0.2, -0.15) is 0 Å². The largest absolute Gasteiger partial charge is 0.390 e. The molecule has 1 aliphatic rings. The quantitative estimate of drug-likeness (QED) is 0.686. The highest BCUT2D eigenvalue weighted by molar-refractivity contribution is 7.07. The van der Waals surface area contributed by atoms with Crippen LogP contribution in [0, 0.1) is 0 Å². The monoisotopic (exact) mass is 259 g/mol. The van der Waals surface area contributed by atoms with Crippen LogP contribution in [0.2, 0.25) is 0 Å². The van der Waals surface area contributed by atoms with Gasteiger partial charge in [0.25, 0.3) is 0 Å². The molecule has 0 amide bonds. The molecular formula is C11H21N3O2S. The second kappa shape index (κ2) is 6.90. The number of aliphatic hydroxyl groups is 2. The highest BCUT2D eigenvalue weighted by Crippen LogP contribution is 2.12. The van der Waals surface area contributed by atoms with Crippen molar-refractivity contribution in [3.8, 4) is 0 Å². The van der Waals surface area contributed by atoms with Gasteiger partial charge in [-0.1, -0.05) is 0 Å². The van der Waals surface area contributed by atoms with Gasteiger partial charge in [-0.25, -0.2) is 4.98 Å². The number of nitrogens with zero attached hydrogens (tertiary/aromatic N) is 2. The fourth-order valence-electron chi connectivity index (χ4n) is 1.63. The van der Waals surface area contributed by atoms with Crippen molar-refractivity contribution in [3.05, 3.63) is 10.9 Å². The molecule has 0 aromatic carbocycles. The molecule has 1 aliphatic heterocycles. The molecule has 1 aromatic heterocycles. The highest BCUT2D eigenvalue weighted by atomic mass is 32.1. The Labute approximate surface area is 106 Å². The average molecular weight is 259 g/mol. The van der Waals surface area contributed by atoms with Crippen LogP contribution in [0.25, 0.3) is 0 Å². The third kappa shape index (κ3) is 4.99. The number of aromatic nitrogens is 1. The third-order valence-electron chi connectivity index (χ3n) is 2.76. The van der Waals surface area contributed by atoms with Crippen LogP contribution in [-0.4, -0.2) is 51.4 Å². The summed E-state index contributed by atoms with van der Waals surface area (Å²) >= 11 is 1.50. The Morgan fingerprint density at radius 1 is 1.47 bits per heavy atom. The molecule has 2 heterocycles. The van der Waals surface area contributed by atoms with Crippen LogP contribution < -0.4 is 5.73 Å². The van der Waals surface area contributed by atoms with Crippen LogP contribution in [0.5, 0.6) is 0 Å². The Morgan fingerprint density at radius 2 is 2.18 bits per heavy atom. The van der Waals surface area contributed by atoms with Crippen molar-refractivity contribution >= 4 is 17.2 Å². The maximum atomic E-state index is 9.31. The summed E-state index contributed by atoms with van der Waals surface area (Å²) in [5, 5.41) is 20.3. The van der Waals surface area contributed by atoms with E-state index in [1.54, 1.807) is 10.9 Å². The maximum Gasteiger partial charge on any atom is 0.134 e. The lowest BCUT2D eigenvalue weighted by Gasteiger charge is -2.35. The molecule has 0 aliphatic carbocycles. The minimum absolute atomic E-state index is 0.470. The molecule has 0 saturated carbocycles. The topological polar surface area (TPSA) is 82.6 Å². The molecule has 6 heteroatoms. The summed E-state index contributed by atoms with van der Waals surface area (Å²) in [7, 11) is 0. The zero-order valence-corrected chi connectivity index (χ0v) is 11.1. The normalized spacial score (nSPS) is 25.5. The molecule has 98 valence electrons. The molecule has 17 heavy (non-hydrogen) atoms. The Morgan fingerprint density at radius 3 is 2.53 bits per heavy atom. The van der Waals surface area contributed by atoms with E-state index in [1.165, 1.54) is 11.3 Å². The van der Waals surface area contributed by atoms with Crippen molar-refractivity contribution in [2.75, 3.05) is 18.8 Å². The Balaban J connectivity index is 0.000000202. The smallest absolute Gasteiger partial charge is 0.134 e. The van der Waals surface area contributed by atoms with Crippen LogP contribution in [0.15, 0.2) is 10.9 Å². The van der Waals surface area contributed by atoms with Crippen LogP contribution in [0.4, 0.5) is 5.82 Å². The zero-order valence-electron chi connectivity index (χ0n) is 10.3.